The first-order valence-corrected chi connectivity index (χ1v) is 9.88. The van der Waals surface area contributed by atoms with E-state index in [2.05, 4.69) is 5.10 Å². The summed E-state index contributed by atoms with van der Waals surface area (Å²) in [5.74, 6) is 0. The van der Waals surface area contributed by atoms with Gasteiger partial charge in [-0.25, -0.2) is 13.2 Å². The van der Waals surface area contributed by atoms with Crippen LogP contribution in [0.15, 0.2) is 41.4 Å². The lowest BCUT2D eigenvalue weighted by Crippen LogP contribution is -2.50. The Balaban J connectivity index is 1.83. The molecule has 1 aromatic carbocycles. The second-order valence-electron chi connectivity index (χ2n) is 5.97. The minimum absolute atomic E-state index is 0.177. The molecule has 0 unspecified atom stereocenters. The molecule has 0 atom stereocenters. The van der Waals surface area contributed by atoms with Gasteiger partial charge in [-0.15, -0.1) is 0 Å². The van der Waals surface area contributed by atoms with Gasteiger partial charge in [-0.2, -0.15) is 9.40 Å². The Bertz CT molecular complexity index is 871. The highest BCUT2D eigenvalue weighted by Gasteiger charge is 2.33. The Morgan fingerprint density at radius 2 is 1.81 bits per heavy atom. The van der Waals surface area contributed by atoms with Gasteiger partial charge in [0, 0.05) is 45.0 Å². The van der Waals surface area contributed by atoms with E-state index >= 15 is 0 Å². The summed E-state index contributed by atoms with van der Waals surface area (Å²) in [7, 11) is -2.01. The van der Waals surface area contributed by atoms with Crippen LogP contribution in [-0.4, -0.2) is 66.3 Å². The number of ether oxygens (including phenoxy) is 1. The van der Waals surface area contributed by atoms with E-state index in [-0.39, 0.29) is 18.0 Å². The highest BCUT2D eigenvalue weighted by atomic mass is 32.2. The number of hydrogen-bond donors (Lipinski definition) is 0. The summed E-state index contributed by atoms with van der Waals surface area (Å²) in [4.78, 5) is 13.5. The monoisotopic (exact) mass is 378 g/mol. The van der Waals surface area contributed by atoms with Crippen LogP contribution in [0, 0.1) is 0 Å². The van der Waals surface area contributed by atoms with Crippen molar-refractivity contribution in [2.24, 2.45) is 7.05 Å². The van der Waals surface area contributed by atoms with Gasteiger partial charge < -0.3 is 9.64 Å². The van der Waals surface area contributed by atoms with Gasteiger partial charge in [0.1, 0.15) is 10.6 Å². The molecule has 0 spiro atoms. The molecule has 0 aliphatic carbocycles. The molecule has 0 radical (unpaired) electrons. The fraction of sp³-hybridized carbons (Fsp3) is 0.412. The molecule has 8 nitrogen and oxygen atoms in total. The molecular weight excluding hydrogens is 356 g/mol. The van der Waals surface area contributed by atoms with Gasteiger partial charge in [-0.1, -0.05) is 30.3 Å². The van der Waals surface area contributed by atoms with Crippen LogP contribution in [0.4, 0.5) is 4.79 Å². The molecule has 2 aromatic rings. The third kappa shape index (κ3) is 3.58. The van der Waals surface area contributed by atoms with Gasteiger partial charge in [0.2, 0.25) is 10.0 Å². The van der Waals surface area contributed by atoms with Crippen molar-refractivity contribution in [3.8, 4) is 11.3 Å². The van der Waals surface area contributed by atoms with E-state index in [0.29, 0.717) is 25.4 Å². The van der Waals surface area contributed by atoms with Crippen molar-refractivity contribution in [1.29, 1.82) is 0 Å². The number of carbonyl (C=O) groups is 1. The number of aryl methyl sites for hydroxylation is 1. The topological polar surface area (TPSA) is 84.7 Å². The zero-order valence-electron chi connectivity index (χ0n) is 14.8. The van der Waals surface area contributed by atoms with Gasteiger partial charge >= 0.3 is 6.09 Å². The summed E-state index contributed by atoms with van der Waals surface area (Å²) in [6, 6.07) is 9.23. The normalized spacial score (nSPS) is 15.8. The van der Waals surface area contributed by atoms with Gasteiger partial charge in [0.25, 0.3) is 0 Å². The van der Waals surface area contributed by atoms with Crippen LogP contribution < -0.4 is 0 Å². The van der Waals surface area contributed by atoms with Crippen molar-refractivity contribution in [2.75, 3.05) is 32.8 Å². The molecule has 1 saturated heterocycles. The zero-order valence-corrected chi connectivity index (χ0v) is 15.6. The highest BCUT2D eigenvalue weighted by Crippen LogP contribution is 2.28. The largest absolute Gasteiger partial charge is 0.450 e. The van der Waals surface area contributed by atoms with Gasteiger partial charge in [-0.05, 0) is 6.92 Å². The molecule has 3 rings (SSSR count). The number of benzene rings is 1. The lowest BCUT2D eigenvalue weighted by molar-refractivity contribution is 0.0934. The van der Waals surface area contributed by atoms with Crippen LogP contribution >= 0.6 is 0 Å². The number of rotatable bonds is 4. The Morgan fingerprint density at radius 1 is 1.15 bits per heavy atom. The number of amides is 1. The molecule has 1 amide bonds. The number of aromatic nitrogens is 2. The number of piperazine rings is 1. The molecule has 1 fully saturated rings. The van der Waals surface area contributed by atoms with Crippen molar-refractivity contribution < 1.29 is 17.9 Å². The summed E-state index contributed by atoms with van der Waals surface area (Å²) >= 11 is 0. The van der Waals surface area contributed by atoms with Crippen molar-refractivity contribution in [2.45, 2.75) is 11.8 Å². The molecule has 0 N–H and O–H groups in total. The summed E-state index contributed by atoms with van der Waals surface area (Å²) < 4.78 is 34.1. The van der Waals surface area contributed by atoms with Crippen molar-refractivity contribution >= 4 is 16.1 Å². The van der Waals surface area contributed by atoms with E-state index in [1.807, 2.05) is 30.3 Å². The predicted molar refractivity (Wildman–Crippen MR) is 96.0 cm³/mol. The van der Waals surface area contributed by atoms with Gasteiger partial charge in [0.15, 0.2) is 0 Å². The van der Waals surface area contributed by atoms with E-state index in [4.69, 9.17) is 4.74 Å². The van der Waals surface area contributed by atoms with E-state index in [1.165, 1.54) is 20.1 Å². The molecule has 2 heterocycles. The van der Waals surface area contributed by atoms with Crippen LogP contribution in [0.2, 0.25) is 0 Å². The standard InChI is InChI=1S/C17H22N4O4S/c1-3-25-17(22)20-9-11-21(12-10-20)26(23,24)15-13-19(2)18-16(15)14-7-5-4-6-8-14/h4-8,13H,3,9-12H2,1-2H3. The van der Waals surface area contributed by atoms with E-state index in [1.54, 1.807) is 14.0 Å². The molecule has 140 valence electrons. The van der Waals surface area contributed by atoms with Crippen molar-refractivity contribution in [3.63, 3.8) is 0 Å². The first-order valence-electron chi connectivity index (χ1n) is 8.44. The molecular formula is C17H22N4O4S. The maximum Gasteiger partial charge on any atom is 0.409 e. The molecule has 9 heteroatoms. The smallest absolute Gasteiger partial charge is 0.409 e. The van der Waals surface area contributed by atoms with Crippen LogP contribution in [0.1, 0.15) is 6.92 Å². The van der Waals surface area contributed by atoms with E-state index in [0.717, 1.165) is 5.56 Å². The highest BCUT2D eigenvalue weighted by molar-refractivity contribution is 7.89. The Labute approximate surface area is 153 Å². The number of nitrogens with zero attached hydrogens (tertiary/aromatic N) is 4. The molecule has 26 heavy (non-hydrogen) atoms. The minimum atomic E-state index is -3.71. The molecule has 1 aromatic heterocycles. The summed E-state index contributed by atoms with van der Waals surface area (Å²) in [6.07, 6.45) is 1.12. The molecule has 0 bridgehead atoms. The first kappa shape index (κ1) is 18.4. The van der Waals surface area contributed by atoms with Crippen LogP contribution in [0.25, 0.3) is 11.3 Å². The Hall–Kier alpha value is -2.39. The van der Waals surface area contributed by atoms with E-state index in [9.17, 15) is 13.2 Å². The van der Waals surface area contributed by atoms with Crippen molar-refractivity contribution in [1.82, 2.24) is 19.0 Å². The third-order valence-corrected chi connectivity index (χ3v) is 6.12. The van der Waals surface area contributed by atoms with Crippen molar-refractivity contribution in [3.05, 3.63) is 36.5 Å². The quantitative estimate of drug-likeness (QED) is 0.806. The predicted octanol–water partition coefficient (Wildman–Crippen LogP) is 1.55. The third-order valence-electron chi connectivity index (χ3n) is 4.22. The van der Waals surface area contributed by atoms with Gasteiger partial charge in [-0.3, -0.25) is 4.68 Å². The summed E-state index contributed by atoms with van der Waals surface area (Å²) in [5, 5.41) is 4.34. The Kier molecular flexibility index (Phi) is 5.28. The second-order valence-corrected chi connectivity index (χ2v) is 7.88. The van der Waals surface area contributed by atoms with E-state index < -0.39 is 16.1 Å². The maximum atomic E-state index is 13.1. The number of carbonyl (C=O) groups excluding carboxylic acids is 1. The minimum Gasteiger partial charge on any atom is -0.450 e. The summed E-state index contributed by atoms with van der Waals surface area (Å²) in [6.45, 7) is 3.10. The maximum absolute atomic E-state index is 13.1. The van der Waals surface area contributed by atoms with Gasteiger partial charge in [0.05, 0.1) is 6.61 Å². The summed E-state index contributed by atoms with van der Waals surface area (Å²) in [5.41, 5.74) is 1.18. The lowest BCUT2D eigenvalue weighted by atomic mass is 10.2. The average Bonchev–Trinajstić information content (AvgIpc) is 3.05. The lowest BCUT2D eigenvalue weighted by Gasteiger charge is -2.33. The molecule has 0 saturated carbocycles. The molecule has 1 aliphatic rings. The number of sulfonamides is 1. The average molecular weight is 378 g/mol. The number of hydrogen-bond acceptors (Lipinski definition) is 5. The molecule has 1 aliphatic heterocycles. The zero-order chi connectivity index (χ0) is 18.7. The van der Waals surface area contributed by atoms with Crippen LogP contribution in [-0.2, 0) is 21.8 Å². The van der Waals surface area contributed by atoms with Crippen LogP contribution in [0.3, 0.4) is 0 Å². The Morgan fingerprint density at radius 3 is 2.42 bits per heavy atom. The fourth-order valence-corrected chi connectivity index (χ4v) is 4.53. The second kappa shape index (κ2) is 7.46. The SMILES string of the molecule is CCOC(=O)N1CCN(S(=O)(=O)c2cn(C)nc2-c2ccccc2)CC1. The first-order chi connectivity index (χ1) is 12.4. The van der Waals surface area contributed by atoms with Crippen LogP contribution in [0.5, 0.6) is 0 Å². The fourth-order valence-electron chi connectivity index (χ4n) is 2.92.